The molecule has 0 aromatic rings. The molecule has 0 bridgehead atoms. The van der Waals surface area contributed by atoms with Crippen LogP contribution >= 0.6 is 0 Å². The van der Waals surface area contributed by atoms with Crippen molar-refractivity contribution in [2.45, 2.75) is 84.5 Å². The van der Waals surface area contributed by atoms with Gasteiger partial charge in [-0.2, -0.15) is 5.26 Å². The molecule has 20 heavy (non-hydrogen) atoms. The number of allylic oxidation sites excluding steroid dienone is 2. The summed E-state index contributed by atoms with van der Waals surface area (Å²) in [6.07, 6.45) is 16.3. The molecule has 0 N–H and O–H groups in total. The minimum atomic E-state index is -0.0819. The van der Waals surface area contributed by atoms with Gasteiger partial charge in [0.1, 0.15) is 0 Å². The third-order valence-electron chi connectivity index (χ3n) is 5.85. The molecule has 1 saturated carbocycles. The number of nitriles is 1. The average Bonchev–Trinajstić information content (AvgIpc) is 2.53. The summed E-state index contributed by atoms with van der Waals surface area (Å²) in [6, 6.07) is 2.73. The van der Waals surface area contributed by atoms with Gasteiger partial charge in [0.25, 0.3) is 0 Å². The van der Waals surface area contributed by atoms with E-state index in [2.05, 4.69) is 26.0 Å². The highest BCUT2D eigenvalue weighted by atomic mass is 14.4. The van der Waals surface area contributed by atoms with Crippen molar-refractivity contribution in [2.24, 2.45) is 17.3 Å². The van der Waals surface area contributed by atoms with Crippen molar-refractivity contribution in [1.82, 2.24) is 0 Å². The van der Waals surface area contributed by atoms with Gasteiger partial charge in [0.2, 0.25) is 0 Å². The maximum Gasteiger partial charge on any atom is 0.0782 e. The van der Waals surface area contributed by atoms with Crippen LogP contribution in [0.1, 0.15) is 84.5 Å². The highest BCUT2D eigenvalue weighted by Gasteiger charge is 2.39. The minimum absolute atomic E-state index is 0.0819. The molecule has 0 aromatic heterocycles. The molecule has 0 heterocycles. The molecule has 0 amide bonds. The summed E-state index contributed by atoms with van der Waals surface area (Å²) < 4.78 is 0. The Kier molecular flexibility index (Phi) is 5.70. The van der Waals surface area contributed by atoms with E-state index in [-0.39, 0.29) is 5.41 Å². The van der Waals surface area contributed by atoms with E-state index in [0.717, 1.165) is 24.7 Å². The highest BCUT2D eigenvalue weighted by molar-refractivity contribution is 5.26. The van der Waals surface area contributed by atoms with E-state index in [9.17, 15) is 5.26 Å². The molecule has 2 rings (SSSR count). The SMILES string of the molecule is CCCCC1CCC(C#N)(C2=CCC(CC)CC2)CC1. The van der Waals surface area contributed by atoms with Gasteiger partial charge in [0.05, 0.1) is 11.5 Å². The number of rotatable bonds is 5. The molecular formula is C19H31N. The van der Waals surface area contributed by atoms with Crippen LogP contribution in [0.5, 0.6) is 0 Å². The Labute approximate surface area is 125 Å². The van der Waals surface area contributed by atoms with E-state index in [1.807, 2.05) is 0 Å². The second-order valence-electron chi connectivity index (χ2n) is 7.06. The van der Waals surface area contributed by atoms with E-state index < -0.39 is 0 Å². The van der Waals surface area contributed by atoms with Crippen LogP contribution in [0.15, 0.2) is 11.6 Å². The molecule has 1 unspecified atom stereocenters. The second kappa shape index (κ2) is 7.30. The molecule has 1 fully saturated rings. The Morgan fingerprint density at radius 1 is 1.20 bits per heavy atom. The van der Waals surface area contributed by atoms with Crippen molar-refractivity contribution in [1.29, 1.82) is 5.26 Å². The largest absolute Gasteiger partial charge is 0.197 e. The quantitative estimate of drug-likeness (QED) is 0.562. The predicted molar refractivity (Wildman–Crippen MR) is 85.2 cm³/mol. The van der Waals surface area contributed by atoms with Crippen molar-refractivity contribution in [3.05, 3.63) is 11.6 Å². The molecular weight excluding hydrogens is 242 g/mol. The van der Waals surface area contributed by atoms with Gasteiger partial charge in [-0.25, -0.2) is 0 Å². The summed E-state index contributed by atoms with van der Waals surface area (Å²) in [4.78, 5) is 0. The first-order valence-corrected chi connectivity index (χ1v) is 8.84. The van der Waals surface area contributed by atoms with Crippen molar-refractivity contribution in [3.63, 3.8) is 0 Å². The molecule has 1 atom stereocenters. The molecule has 0 saturated heterocycles. The lowest BCUT2D eigenvalue weighted by atomic mass is 9.64. The summed E-state index contributed by atoms with van der Waals surface area (Å²) in [7, 11) is 0. The Morgan fingerprint density at radius 2 is 1.95 bits per heavy atom. The highest BCUT2D eigenvalue weighted by Crippen LogP contribution is 2.48. The molecule has 0 radical (unpaired) electrons. The van der Waals surface area contributed by atoms with Gasteiger partial charge < -0.3 is 0 Å². The van der Waals surface area contributed by atoms with E-state index in [0.29, 0.717) is 0 Å². The van der Waals surface area contributed by atoms with Crippen molar-refractivity contribution < 1.29 is 0 Å². The molecule has 1 nitrogen and oxygen atoms in total. The van der Waals surface area contributed by atoms with Crippen LogP contribution in [0.4, 0.5) is 0 Å². The molecule has 112 valence electrons. The van der Waals surface area contributed by atoms with Gasteiger partial charge in [0, 0.05) is 0 Å². The Bertz CT molecular complexity index is 366. The maximum atomic E-state index is 9.79. The van der Waals surface area contributed by atoms with Crippen molar-refractivity contribution in [3.8, 4) is 6.07 Å². The van der Waals surface area contributed by atoms with Gasteiger partial charge in [0.15, 0.2) is 0 Å². The number of unbranched alkanes of at least 4 members (excludes halogenated alkanes) is 1. The first-order chi connectivity index (χ1) is 9.74. The molecule has 0 aromatic carbocycles. The molecule has 1 heteroatoms. The molecule has 2 aliphatic carbocycles. The molecule has 2 aliphatic rings. The summed E-state index contributed by atoms with van der Waals surface area (Å²) in [5, 5.41) is 9.79. The average molecular weight is 273 g/mol. The molecule has 0 aliphatic heterocycles. The maximum absolute atomic E-state index is 9.79. The fraction of sp³-hybridized carbons (Fsp3) is 0.842. The van der Waals surface area contributed by atoms with Crippen LogP contribution in [0.3, 0.4) is 0 Å². The first kappa shape index (κ1) is 15.6. The molecule has 0 spiro atoms. The summed E-state index contributed by atoms with van der Waals surface area (Å²) in [6.45, 7) is 4.57. The zero-order valence-corrected chi connectivity index (χ0v) is 13.5. The minimum Gasteiger partial charge on any atom is -0.197 e. The van der Waals surface area contributed by atoms with Crippen LogP contribution in [0.25, 0.3) is 0 Å². The van der Waals surface area contributed by atoms with Gasteiger partial charge >= 0.3 is 0 Å². The van der Waals surface area contributed by atoms with E-state index in [1.165, 1.54) is 63.4 Å². The third-order valence-corrected chi connectivity index (χ3v) is 5.85. The van der Waals surface area contributed by atoms with Crippen LogP contribution in [0.2, 0.25) is 0 Å². The lowest BCUT2D eigenvalue weighted by Crippen LogP contribution is -2.29. The Balaban J connectivity index is 1.96. The van der Waals surface area contributed by atoms with Crippen LogP contribution < -0.4 is 0 Å². The summed E-state index contributed by atoms with van der Waals surface area (Å²) in [5.74, 6) is 1.76. The lowest BCUT2D eigenvalue weighted by Gasteiger charge is -2.39. The normalized spacial score (nSPS) is 34.4. The van der Waals surface area contributed by atoms with Gasteiger partial charge in [-0.1, -0.05) is 51.2 Å². The number of nitrogens with zero attached hydrogens (tertiary/aromatic N) is 1. The van der Waals surface area contributed by atoms with Crippen molar-refractivity contribution in [2.75, 3.05) is 0 Å². The first-order valence-electron chi connectivity index (χ1n) is 8.84. The Morgan fingerprint density at radius 3 is 2.45 bits per heavy atom. The van der Waals surface area contributed by atoms with E-state index in [1.54, 1.807) is 0 Å². The zero-order valence-electron chi connectivity index (χ0n) is 13.5. The zero-order chi connectivity index (χ0) is 14.4. The lowest BCUT2D eigenvalue weighted by molar-refractivity contribution is 0.222. The smallest absolute Gasteiger partial charge is 0.0782 e. The summed E-state index contributed by atoms with van der Waals surface area (Å²) >= 11 is 0. The Hall–Kier alpha value is -0.770. The van der Waals surface area contributed by atoms with Gasteiger partial charge in [-0.3, -0.25) is 0 Å². The fourth-order valence-corrected chi connectivity index (χ4v) is 4.15. The fourth-order valence-electron chi connectivity index (χ4n) is 4.15. The second-order valence-corrected chi connectivity index (χ2v) is 7.06. The number of hydrogen-bond donors (Lipinski definition) is 0. The van der Waals surface area contributed by atoms with Crippen LogP contribution in [0, 0.1) is 28.6 Å². The van der Waals surface area contributed by atoms with E-state index in [4.69, 9.17) is 0 Å². The van der Waals surface area contributed by atoms with Crippen LogP contribution in [-0.2, 0) is 0 Å². The van der Waals surface area contributed by atoms with Gasteiger partial charge in [-0.15, -0.1) is 0 Å². The predicted octanol–water partition coefficient (Wildman–Crippen LogP) is 6.01. The topological polar surface area (TPSA) is 23.8 Å². The van der Waals surface area contributed by atoms with E-state index >= 15 is 0 Å². The number of hydrogen-bond acceptors (Lipinski definition) is 1. The standard InChI is InChI=1S/C19H31N/c1-3-5-6-17-11-13-19(15-20,14-12-17)18-9-7-16(4-2)8-10-18/h9,16-17H,3-8,10-14H2,1-2H3. The monoisotopic (exact) mass is 273 g/mol. The summed E-state index contributed by atoms with van der Waals surface area (Å²) in [5.41, 5.74) is 1.42. The third kappa shape index (κ3) is 3.46. The van der Waals surface area contributed by atoms with Crippen LogP contribution in [-0.4, -0.2) is 0 Å². The van der Waals surface area contributed by atoms with Crippen molar-refractivity contribution >= 4 is 0 Å². The van der Waals surface area contributed by atoms with Gasteiger partial charge in [-0.05, 0) is 56.8 Å².